The summed E-state index contributed by atoms with van der Waals surface area (Å²) in [5.41, 5.74) is -0.122. The molecule has 0 saturated heterocycles. The zero-order valence-electron chi connectivity index (χ0n) is 10.4. The molecule has 0 bridgehead atoms. The van der Waals surface area contributed by atoms with Crippen molar-refractivity contribution in [2.75, 3.05) is 13.7 Å². The number of methoxy groups -OCH3 is 1. The van der Waals surface area contributed by atoms with Gasteiger partial charge < -0.3 is 10.1 Å². The number of hydrogen-bond acceptors (Lipinski definition) is 4. The van der Waals surface area contributed by atoms with Crippen LogP contribution in [0.15, 0.2) is 24.3 Å². The number of hydrogen-bond donors (Lipinski definition) is 1. The smallest absolute Gasteiger partial charge is 0.305 e. The van der Waals surface area contributed by atoms with Gasteiger partial charge in [-0.3, -0.25) is 14.4 Å². The molecule has 1 aromatic carbocycles. The molecule has 0 spiro atoms. The molecular formula is C13H14FNO4. The number of ketones is 1. The van der Waals surface area contributed by atoms with E-state index in [9.17, 15) is 18.8 Å². The van der Waals surface area contributed by atoms with Crippen molar-refractivity contribution >= 4 is 17.7 Å². The molecule has 0 atom stereocenters. The van der Waals surface area contributed by atoms with Gasteiger partial charge >= 0.3 is 5.97 Å². The monoisotopic (exact) mass is 267 g/mol. The first-order valence-electron chi connectivity index (χ1n) is 5.66. The highest BCUT2D eigenvalue weighted by atomic mass is 19.1. The molecular weight excluding hydrogens is 253 g/mol. The largest absolute Gasteiger partial charge is 0.469 e. The maximum atomic E-state index is 13.3. The number of ether oxygens (including phenoxy) is 1. The normalized spacial score (nSPS) is 9.79. The Labute approximate surface area is 109 Å². The highest BCUT2D eigenvalue weighted by molar-refractivity contribution is 5.97. The lowest BCUT2D eigenvalue weighted by Gasteiger charge is -2.05. The fourth-order valence-electron chi connectivity index (χ4n) is 1.35. The molecule has 102 valence electrons. The predicted octanol–water partition coefficient (Wildman–Crippen LogP) is 1.08. The molecule has 1 aromatic rings. The van der Waals surface area contributed by atoms with Gasteiger partial charge in [0, 0.05) is 6.42 Å². The molecule has 0 fully saturated rings. The minimum Gasteiger partial charge on any atom is -0.469 e. The molecule has 0 aliphatic heterocycles. The summed E-state index contributed by atoms with van der Waals surface area (Å²) in [6, 6.07) is 5.47. The lowest BCUT2D eigenvalue weighted by molar-refractivity contribution is -0.141. The van der Waals surface area contributed by atoms with E-state index in [1.165, 1.54) is 25.3 Å². The van der Waals surface area contributed by atoms with Gasteiger partial charge in [0.15, 0.2) is 5.78 Å². The molecule has 0 unspecified atom stereocenters. The molecule has 0 aliphatic carbocycles. The summed E-state index contributed by atoms with van der Waals surface area (Å²) in [6.07, 6.45) is -0.0604. The number of rotatable bonds is 6. The van der Waals surface area contributed by atoms with Gasteiger partial charge in [-0.05, 0) is 12.1 Å². The number of carbonyl (C=O) groups is 3. The van der Waals surface area contributed by atoms with Gasteiger partial charge in [0.05, 0.1) is 25.6 Å². The molecule has 1 amide bonds. The second kappa shape index (κ2) is 7.25. The molecule has 19 heavy (non-hydrogen) atoms. The van der Waals surface area contributed by atoms with E-state index in [1.54, 1.807) is 0 Å². The lowest BCUT2D eigenvalue weighted by Crippen LogP contribution is -2.30. The van der Waals surface area contributed by atoms with Gasteiger partial charge in [-0.15, -0.1) is 0 Å². The van der Waals surface area contributed by atoms with Crippen molar-refractivity contribution in [3.05, 3.63) is 35.6 Å². The molecule has 0 aromatic heterocycles. The van der Waals surface area contributed by atoms with Gasteiger partial charge in [0.2, 0.25) is 0 Å². The first-order chi connectivity index (χ1) is 9.04. The van der Waals surface area contributed by atoms with Crippen LogP contribution in [0.5, 0.6) is 0 Å². The summed E-state index contributed by atoms with van der Waals surface area (Å²) in [6.45, 7) is -0.246. The zero-order valence-corrected chi connectivity index (χ0v) is 10.4. The Balaban J connectivity index is 2.40. The van der Waals surface area contributed by atoms with Crippen molar-refractivity contribution < 1.29 is 23.5 Å². The van der Waals surface area contributed by atoms with Crippen molar-refractivity contribution in [2.45, 2.75) is 12.8 Å². The summed E-state index contributed by atoms with van der Waals surface area (Å²) in [7, 11) is 1.23. The van der Waals surface area contributed by atoms with Crippen molar-refractivity contribution in [3.8, 4) is 0 Å². The summed E-state index contributed by atoms with van der Waals surface area (Å²) < 4.78 is 17.6. The molecule has 0 saturated carbocycles. The number of Topliss-reactive ketones (excluding diaryl/α,β-unsaturated/α-hetero) is 1. The summed E-state index contributed by atoms with van der Waals surface area (Å²) in [5, 5.41) is 2.30. The second-order valence-corrected chi connectivity index (χ2v) is 3.78. The van der Waals surface area contributed by atoms with E-state index in [0.717, 1.165) is 6.07 Å². The summed E-state index contributed by atoms with van der Waals surface area (Å²) >= 11 is 0. The number of esters is 1. The SMILES string of the molecule is COC(=O)CCC(=O)CNC(=O)c1ccccc1F. The predicted molar refractivity (Wildman–Crippen MR) is 65.0 cm³/mol. The van der Waals surface area contributed by atoms with Crippen molar-refractivity contribution in [2.24, 2.45) is 0 Å². The molecule has 1 rings (SSSR count). The van der Waals surface area contributed by atoms with Gasteiger partial charge in [-0.2, -0.15) is 0 Å². The number of carbonyl (C=O) groups excluding carboxylic acids is 3. The van der Waals surface area contributed by atoms with Crippen LogP contribution in [0, 0.1) is 5.82 Å². The summed E-state index contributed by atoms with van der Waals surface area (Å²) in [5.74, 6) is -2.13. The Morgan fingerprint density at radius 3 is 2.53 bits per heavy atom. The lowest BCUT2D eigenvalue weighted by atomic mass is 10.2. The Morgan fingerprint density at radius 1 is 1.21 bits per heavy atom. The van der Waals surface area contributed by atoms with E-state index in [0.29, 0.717) is 0 Å². The average molecular weight is 267 g/mol. The quantitative estimate of drug-likeness (QED) is 0.783. The molecule has 6 heteroatoms. The van der Waals surface area contributed by atoms with Crippen LogP contribution in [-0.2, 0) is 14.3 Å². The Hall–Kier alpha value is -2.24. The number of amides is 1. The van der Waals surface area contributed by atoms with E-state index in [4.69, 9.17) is 0 Å². The van der Waals surface area contributed by atoms with E-state index < -0.39 is 17.7 Å². The van der Waals surface area contributed by atoms with Crippen LogP contribution in [0.1, 0.15) is 23.2 Å². The van der Waals surface area contributed by atoms with Crippen molar-refractivity contribution in [3.63, 3.8) is 0 Å². The summed E-state index contributed by atoms with van der Waals surface area (Å²) in [4.78, 5) is 33.7. The number of nitrogens with one attached hydrogen (secondary N) is 1. The van der Waals surface area contributed by atoms with Crippen LogP contribution in [0.25, 0.3) is 0 Å². The Bertz CT molecular complexity index is 487. The minimum absolute atomic E-state index is 0.0236. The van der Waals surface area contributed by atoms with Crippen LogP contribution < -0.4 is 5.32 Å². The first kappa shape index (κ1) is 14.8. The topological polar surface area (TPSA) is 72.5 Å². The third-order valence-electron chi connectivity index (χ3n) is 2.40. The second-order valence-electron chi connectivity index (χ2n) is 3.78. The van der Waals surface area contributed by atoms with Crippen LogP contribution in [0.2, 0.25) is 0 Å². The fraction of sp³-hybridized carbons (Fsp3) is 0.308. The third kappa shape index (κ3) is 4.87. The van der Waals surface area contributed by atoms with Gasteiger partial charge in [0.25, 0.3) is 5.91 Å². The molecule has 1 N–H and O–H groups in total. The van der Waals surface area contributed by atoms with Crippen LogP contribution in [0.3, 0.4) is 0 Å². The number of halogens is 1. The molecule has 0 aliphatic rings. The van der Waals surface area contributed by atoms with Crippen LogP contribution in [-0.4, -0.2) is 31.3 Å². The van der Waals surface area contributed by atoms with E-state index in [-0.39, 0.29) is 30.7 Å². The molecule has 0 heterocycles. The maximum absolute atomic E-state index is 13.3. The molecule has 0 radical (unpaired) electrons. The average Bonchev–Trinajstić information content (AvgIpc) is 2.42. The zero-order chi connectivity index (χ0) is 14.3. The van der Waals surface area contributed by atoms with E-state index >= 15 is 0 Å². The number of benzene rings is 1. The third-order valence-corrected chi connectivity index (χ3v) is 2.40. The maximum Gasteiger partial charge on any atom is 0.305 e. The van der Waals surface area contributed by atoms with Crippen LogP contribution >= 0.6 is 0 Å². The van der Waals surface area contributed by atoms with E-state index in [1.807, 2.05) is 0 Å². The van der Waals surface area contributed by atoms with Gasteiger partial charge in [-0.25, -0.2) is 4.39 Å². The van der Waals surface area contributed by atoms with Gasteiger partial charge in [-0.1, -0.05) is 12.1 Å². The standard InChI is InChI=1S/C13H14FNO4/c1-19-12(17)7-6-9(16)8-15-13(18)10-4-2-3-5-11(10)14/h2-5H,6-8H2,1H3,(H,15,18). The highest BCUT2D eigenvalue weighted by Gasteiger charge is 2.12. The van der Waals surface area contributed by atoms with Gasteiger partial charge in [0.1, 0.15) is 5.82 Å². The Morgan fingerprint density at radius 2 is 1.89 bits per heavy atom. The first-order valence-corrected chi connectivity index (χ1v) is 5.66. The minimum atomic E-state index is -0.662. The van der Waals surface area contributed by atoms with E-state index in [2.05, 4.69) is 10.1 Å². The highest BCUT2D eigenvalue weighted by Crippen LogP contribution is 2.05. The fourth-order valence-corrected chi connectivity index (χ4v) is 1.35. The van der Waals surface area contributed by atoms with Crippen molar-refractivity contribution in [1.82, 2.24) is 5.32 Å². The Kier molecular flexibility index (Phi) is 5.66. The van der Waals surface area contributed by atoms with Crippen molar-refractivity contribution in [1.29, 1.82) is 0 Å². The molecule has 5 nitrogen and oxygen atoms in total. The van der Waals surface area contributed by atoms with Crippen LogP contribution in [0.4, 0.5) is 4.39 Å².